The molecule has 1 aromatic heterocycles. The van der Waals surface area contributed by atoms with Crippen LogP contribution >= 0.6 is 23.2 Å². The first-order valence-electron chi connectivity index (χ1n) is 5.24. The summed E-state index contributed by atoms with van der Waals surface area (Å²) in [4.78, 5) is 8.02. The lowest BCUT2D eigenvalue weighted by Crippen LogP contribution is -2.11. The van der Waals surface area contributed by atoms with Gasteiger partial charge in [0.2, 0.25) is 5.75 Å². The molecule has 2 aromatic rings. The third kappa shape index (κ3) is 2.81. The number of nitrogens with one attached hydrogen (secondary N) is 2. The minimum atomic E-state index is 0.359. The zero-order valence-corrected chi connectivity index (χ0v) is 11.5. The van der Waals surface area contributed by atoms with Crippen molar-refractivity contribution in [2.45, 2.75) is 0 Å². The second kappa shape index (κ2) is 5.92. The van der Waals surface area contributed by atoms with Crippen LogP contribution in [-0.2, 0) is 0 Å². The SMILES string of the molecule is COc1c(NN)ncnc1Nc1cccc(Cl)c1Cl. The van der Waals surface area contributed by atoms with Crippen LogP contribution < -0.4 is 21.3 Å². The van der Waals surface area contributed by atoms with Crippen molar-refractivity contribution in [1.29, 1.82) is 0 Å². The molecule has 0 spiro atoms. The molecular weight excluding hydrogens is 289 g/mol. The van der Waals surface area contributed by atoms with Crippen molar-refractivity contribution in [2.24, 2.45) is 5.84 Å². The molecule has 1 aromatic carbocycles. The Morgan fingerprint density at radius 1 is 1.21 bits per heavy atom. The van der Waals surface area contributed by atoms with Gasteiger partial charge >= 0.3 is 0 Å². The monoisotopic (exact) mass is 299 g/mol. The summed E-state index contributed by atoms with van der Waals surface area (Å²) < 4.78 is 5.20. The van der Waals surface area contributed by atoms with Gasteiger partial charge in [0.1, 0.15) is 6.33 Å². The Kier molecular flexibility index (Phi) is 4.26. The Morgan fingerprint density at radius 3 is 2.63 bits per heavy atom. The Morgan fingerprint density at radius 2 is 1.95 bits per heavy atom. The molecule has 6 nitrogen and oxygen atoms in total. The maximum absolute atomic E-state index is 6.09. The van der Waals surface area contributed by atoms with Crippen molar-refractivity contribution in [3.63, 3.8) is 0 Å². The molecule has 0 aliphatic heterocycles. The lowest BCUT2D eigenvalue weighted by Gasteiger charge is -2.13. The fraction of sp³-hybridized carbons (Fsp3) is 0.0909. The number of nitrogens with zero attached hydrogens (tertiary/aromatic N) is 2. The number of hydrogen-bond acceptors (Lipinski definition) is 6. The molecule has 0 saturated heterocycles. The van der Waals surface area contributed by atoms with Gasteiger partial charge in [-0.1, -0.05) is 29.3 Å². The summed E-state index contributed by atoms with van der Waals surface area (Å²) in [5.41, 5.74) is 3.03. The largest absolute Gasteiger partial charge is 0.490 e. The van der Waals surface area contributed by atoms with Crippen LogP contribution in [0.15, 0.2) is 24.5 Å². The standard InChI is InChI=1S/C11H11Cl2N5O/c1-19-9-10(15-5-16-11(9)18-14)17-7-4-2-3-6(12)8(7)13/h2-5H,14H2,1H3,(H2,15,16,17,18). The Balaban J connectivity index is 2.41. The van der Waals surface area contributed by atoms with Gasteiger partial charge in [-0.05, 0) is 12.1 Å². The summed E-state index contributed by atoms with van der Waals surface area (Å²) in [7, 11) is 1.49. The highest BCUT2D eigenvalue weighted by Crippen LogP contribution is 2.35. The number of anilines is 3. The first-order valence-corrected chi connectivity index (χ1v) is 5.99. The molecule has 0 aliphatic carbocycles. The fourth-order valence-electron chi connectivity index (χ4n) is 1.49. The van der Waals surface area contributed by atoms with Gasteiger partial charge in [-0.15, -0.1) is 0 Å². The van der Waals surface area contributed by atoms with Crippen LogP contribution in [0.5, 0.6) is 5.75 Å². The second-order valence-corrected chi connectivity index (χ2v) is 4.26. The van der Waals surface area contributed by atoms with Gasteiger partial charge in [0.25, 0.3) is 0 Å². The van der Waals surface area contributed by atoms with Crippen LogP contribution in [0.25, 0.3) is 0 Å². The van der Waals surface area contributed by atoms with Crippen molar-refractivity contribution in [3.05, 3.63) is 34.6 Å². The molecule has 4 N–H and O–H groups in total. The van der Waals surface area contributed by atoms with Crippen molar-refractivity contribution >= 4 is 40.5 Å². The lowest BCUT2D eigenvalue weighted by molar-refractivity contribution is 0.415. The molecule has 19 heavy (non-hydrogen) atoms. The maximum Gasteiger partial charge on any atom is 0.205 e. The molecule has 0 aliphatic rings. The van der Waals surface area contributed by atoms with Crippen LogP contribution in [-0.4, -0.2) is 17.1 Å². The zero-order chi connectivity index (χ0) is 13.8. The van der Waals surface area contributed by atoms with E-state index in [9.17, 15) is 0 Å². The minimum Gasteiger partial charge on any atom is -0.490 e. The van der Waals surface area contributed by atoms with E-state index in [0.29, 0.717) is 33.1 Å². The molecule has 100 valence electrons. The molecular formula is C11H11Cl2N5O. The summed E-state index contributed by atoms with van der Waals surface area (Å²) in [6.07, 6.45) is 1.35. The Bertz CT molecular complexity index is 593. The number of hydrogen-bond donors (Lipinski definition) is 3. The number of nitrogens with two attached hydrogens (primary N) is 1. The predicted octanol–water partition coefficient (Wildman–Crippen LogP) is 2.82. The van der Waals surface area contributed by atoms with Crippen LogP contribution in [0.2, 0.25) is 10.0 Å². The third-order valence-corrected chi connectivity index (χ3v) is 3.17. The first-order chi connectivity index (χ1) is 9.17. The minimum absolute atomic E-state index is 0.359. The summed E-state index contributed by atoms with van der Waals surface area (Å²) in [6, 6.07) is 5.23. The summed E-state index contributed by atoms with van der Waals surface area (Å²) in [6.45, 7) is 0. The summed E-state index contributed by atoms with van der Waals surface area (Å²) >= 11 is 12.0. The fourth-order valence-corrected chi connectivity index (χ4v) is 1.83. The van der Waals surface area contributed by atoms with Gasteiger partial charge in [0.05, 0.1) is 22.8 Å². The third-order valence-electron chi connectivity index (χ3n) is 2.35. The van der Waals surface area contributed by atoms with Crippen molar-refractivity contribution in [3.8, 4) is 5.75 Å². The van der Waals surface area contributed by atoms with E-state index in [1.165, 1.54) is 13.4 Å². The van der Waals surface area contributed by atoms with Crippen LogP contribution in [0.4, 0.5) is 17.3 Å². The number of rotatable bonds is 4. The number of halogens is 2. The van der Waals surface area contributed by atoms with Gasteiger partial charge in [-0.25, -0.2) is 15.8 Å². The molecule has 0 fully saturated rings. The highest BCUT2D eigenvalue weighted by Gasteiger charge is 2.13. The van der Waals surface area contributed by atoms with Crippen LogP contribution in [0.1, 0.15) is 0 Å². The van der Waals surface area contributed by atoms with E-state index < -0.39 is 0 Å². The quantitative estimate of drug-likeness (QED) is 0.594. The number of methoxy groups -OCH3 is 1. The van der Waals surface area contributed by atoms with E-state index >= 15 is 0 Å². The second-order valence-electron chi connectivity index (χ2n) is 3.47. The smallest absolute Gasteiger partial charge is 0.205 e. The molecule has 0 saturated carbocycles. The maximum atomic E-state index is 6.09. The Labute approximate surface area is 119 Å². The molecule has 8 heteroatoms. The summed E-state index contributed by atoms with van der Waals surface area (Å²) in [5.74, 6) is 6.51. The molecule has 2 rings (SSSR count). The van der Waals surface area contributed by atoms with E-state index in [1.807, 2.05) is 0 Å². The molecule has 0 atom stereocenters. The highest BCUT2D eigenvalue weighted by atomic mass is 35.5. The molecule has 1 heterocycles. The molecule has 0 unspecified atom stereocenters. The van der Waals surface area contributed by atoms with Gasteiger partial charge in [0, 0.05) is 0 Å². The van der Waals surface area contributed by atoms with Crippen molar-refractivity contribution in [2.75, 3.05) is 17.9 Å². The van der Waals surface area contributed by atoms with E-state index in [4.69, 9.17) is 33.8 Å². The number of aromatic nitrogens is 2. The zero-order valence-electron chi connectivity index (χ0n) is 9.95. The van der Waals surface area contributed by atoms with E-state index in [1.54, 1.807) is 18.2 Å². The molecule has 0 radical (unpaired) electrons. The average Bonchev–Trinajstić information content (AvgIpc) is 2.43. The van der Waals surface area contributed by atoms with E-state index in [-0.39, 0.29) is 0 Å². The predicted molar refractivity (Wildman–Crippen MR) is 76.1 cm³/mol. The molecule has 0 bridgehead atoms. The number of ether oxygens (including phenoxy) is 1. The van der Waals surface area contributed by atoms with E-state index in [0.717, 1.165) is 0 Å². The van der Waals surface area contributed by atoms with Crippen molar-refractivity contribution in [1.82, 2.24) is 9.97 Å². The van der Waals surface area contributed by atoms with Gasteiger partial charge < -0.3 is 15.5 Å². The van der Waals surface area contributed by atoms with Crippen LogP contribution in [0, 0.1) is 0 Å². The van der Waals surface area contributed by atoms with E-state index in [2.05, 4.69) is 20.7 Å². The van der Waals surface area contributed by atoms with Crippen LogP contribution in [0.3, 0.4) is 0 Å². The van der Waals surface area contributed by atoms with Gasteiger partial charge in [-0.3, -0.25) is 0 Å². The van der Waals surface area contributed by atoms with Gasteiger partial charge in [0.15, 0.2) is 11.6 Å². The Hall–Kier alpha value is -1.76. The topological polar surface area (TPSA) is 85.1 Å². The first kappa shape index (κ1) is 13.7. The lowest BCUT2D eigenvalue weighted by atomic mass is 10.3. The number of nitrogen functional groups attached to an aromatic ring is 1. The van der Waals surface area contributed by atoms with Gasteiger partial charge in [-0.2, -0.15) is 0 Å². The highest BCUT2D eigenvalue weighted by molar-refractivity contribution is 6.43. The average molecular weight is 300 g/mol. The molecule has 0 amide bonds. The normalized spacial score (nSPS) is 10.1. The van der Waals surface area contributed by atoms with Crippen molar-refractivity contribution < 1.29 is 4.74 Å². The summed E-state index contributed by atoms with van der Waals surface area (Å²) in [5, 5.41) is 3.86. The number of hydrazine groups is 1. The number of benzene rings is 1.